The van der Waals surface area contributed by atoms with Gasteiger partial charge in [-0.05, 0) is 64.2 Å². The molecule has 0 saturated carbocycles. The molecule has 0 radical (unpaired) electrons. The quantitative estimate of drug-likeness (QED) is 0.0320. The molecule has 0 saturated heterocycles. The van der Waals surface area contributed by atoms with E-state index in [1.54, 1.807) is 6.08 Å². The van der Waals surface area contributed by atoms with E-state index in [2.05, 4.69) is 43.5 Å². The second-order valence-electron chi connectivity index (χ2n) is 25.6. The molecule has 0 aromatic rings. The van der Waals surface area contributed by atoms with Gasteiger partial charge in [-0.1, -0.05) is 371 Å². The lowest BCUT2D eigenvalue weighted by atomic mass is 10.0. The number of esters is 1. The largest absolute Gasteiger partial charge is 0.466 e. The third-order valence-electron chi connectivity index (χ3n) is 17.4. The minimum atomic E-state index is -0.848. The van der Waals surface area contributed by atoms with Gasteiger partial charge in [-0.2, -0.15) is 0 Å². The van der Waals surface area contributed by atoms with Gasteiger partial charge in [0.2, 0.25) is 5.91 Å². The number of hydrogen-bond donors (Lipinski definition) is 3. The Morgan fingerprint density at radius 1 is 0.341 bits per heavy atom. The maximum atomic E-state index is 12.5. The van der Waals surface area contributed by atoms with Crippen molar-refractivity contribution in [3.8, 4) is 0 Å². The molecule has 2 unspecified atom stereocenters. The van der Waals surface area contributed by atoms with Crippen molar-refractivity contribution in [3.63, 3.8) is 0 Å². The first kappa shape index (κ1) is 80.1. The van der Waals surface area contributed by atoms with Crippen molar-refractivity contribution < 1.29 is 24.5 Å². The molecule has 82 heavy (non-hydrogen) atoms. The zero-order valence-corrected chi connectivity index (χ0v) is 55.5. The van der Waals surface area contributed by atoms with Crippen LogP contribution >= 0.6 is 0 Å². The van der Waals surface area contributed by atoms with Crippen molar-refractivity contribution in [1.82, 2.24) is 5.32 Å². The van der Waals surface area contributed by atoms with Crippen LogP contribution in [0.1, 0.15) is 412 Å². The summed E-state index contributed by atoms with van der Waals surface area (Å²) in [6.07, 6.45) is 92.3. The summed E-state index contributed by atoms with van der Waals surface area (Å²) >= 11 is 0. The molecule has 0 fully saturated rings. The zero-order chi connectivity index (χ0) is 59.2. The molecule has 0 aromatic carbocycles. The van der Waals surface area contributed by atoms with Crippen LogP contribution < -0.4 is 5.32 Å². The average molecular weight is 1150 g/mol. The van der Waals surface area contributed by atoms with Crippen LogP contribution in [0.15, 0.2) is 36.5 Å². The highest BCUT2D eigenvalue weighted by Gasteiger charge is 2.18. The van der Waals surface area contributed by atoms with Crippen molar-refractivity contribution in [2.24, 2.45) is 0 Å². The maximum Gasteiger partial charge on any atom is 0.305 e. The van der Waals surface area contributed by atoms with Gasteiger partial charge in [0.1, 0.15) is 0 Å². The smallest absolute Gasteiger partial charge is 0.305 e. The summed E-state index contributed by atoms with van der Waals surface area (Å²) in [4.78, 5) is 24.6. The fraction of sp³-hybridized carbons (Fsp3) is 0.895. The van der Waals surface area contributed by atoms with E-state index in [1.807, 2.05) is 6.08 Å². The van der Waals surface area contributed by atoms with Crippen LogP contribution in [-0.4, -0.2) is 47.4 Å². The number of ether oxygens (including phenoxy) is 1. The number of carbonyl (C=O) groups is 2. The molecule has 1 amide bonds. The Hall–Kier alpha value is -1.92. The predicted octanol–water partition coefficient (Wildman–Crippen LogP) is 24.3. The molecule has 0 heterocycles. The summed E-state index contributed by atoms with van der Waals surface area (Å²) in [6.45, 7) is 4.94. The topological polar surface area (TPSA) is 95.9 Å². The van der Waals surface area contributed by atoms with E-state index in [4.69, 9.17) is 4.74 Å². The van der Waals surface area contributed by atoms with Crippen LogP contribution in [0.4, 0.5) is 0 Å². The van der Waals surface area contributed by atoms with Gasteiger partial charge >= 0.3 is 5.97 Å². The third kappa shape index (κ3) is 67.2. The minimum absolute atomic E-state index is 0.0144. The lowest BCUT2D eigenvalue weighted by Crippen LogP contribution is -2.45. The summed E-state index contributed by atoms with van der Waals surface area (Å²) in [6, 6.07) is -0.632. The standard InChI is InChI=1S/C76H145NO5/c1-3-5-7-9-11-13-15-17-19-21-22-23-31-34-37-40-44-48-52-56-60-64-68-74(79)73(72-78)77-75(80)69-65-61-57-53-49-45-41-38-35-32-29-27-25-24-26-28-30-33-36-39-43-47-51-55-59-63-67-71-82-76(81)70-66-62-58-54-50-46-42-20-18-16-14-12-10-8-6-4-2/h24-25,28,30,64,68,73-74,78-79H,3-23,26-27,29,31-63,65-67,69-72H2,1-2H3,(H,77,80)/b25-24-,30-28-,68-64+. The fourth-order valence-electron chi connectivity index (χ4n) is 11.7. The first-order valence-electron chi connectivity index (χ1n) is 37.3. The SMILES string of the molecule is CCCCCCCCCCCCCCCCCCCCCC/C=C/C(O)C(CO)NC(=O)CCCCCCCCCCCCC/C=C\C/C=C\CCCCCCCCCCCOC(=O)CCCCCCCCCCCCCCCCCC. The number of hydrogen-bond acceptors (Lipinski definition) is 5. The number of unbranched alkanes of at least 4 members (excludes halogenated alkanes) is 55. The van der Waals surface area contributed by atoms with Gasteiger partial charge < -0.3 is 20.3 Å². The number of allylic oxidation sites excluding steroid dienone is 5. The Morgan fingerprint density at radius 2 is 0.610 bits per heavy atom. The Kier molecular flexibility index (Phi) is 69.9. The normalized spacial score (nSPS) is 12.7. The van der Waals surface area contributed by atoms with Gasteiger partial charge in [-0.25, -0.2) is 0 Å². The van der Waals surface area contributed by atoms with Crippen molar-refractivity contribution in [2.45, 2.75) is 424 Å². The van der Waals surface area contributed by atoms with Crippen LogP contribution in [0, 0.1) is 0 Å². The lowest BCUT2D eigenvalue weighted by Gasteiger charge is -2.20. The molecule has 6 nitrogen and oxygen atoms in total. The number of aliphatic hydroxyl groups excluding tert-OH is 2. The van der Waals surface area contributed by atoms with Crippen molar-refractivity contribution >= 4 is 11.9 Å². The Morgan fingerprint density at radius 3 is 0.927 bits per heavy atom. The van der Waals surface area contributed by atoms with E-state index in [-0.39, 0.29) is 18.5 Å². The van der Waals surface area contributed by atoms with Crippen LogP contribution in [0.2, 0.25) is 0 Å². The highest BCUT2D eigenvalue weighted by molar-refractivity contribution is 5.76. The van der Waals surface area contributed by atoms with Gasteiger partial charge in [0.05, 0.1) is 25.4 Å². The van der Waals surface area contributed by atoms with Gasteiger partial charge in [0.25, 0.3) is 0 Å². The molecule has 484 valence electrons. The van der Waals surface area contributed by atoms with Crippen LogP contribution in [0.3, 0.4) is 0 Å². The highest BCUT2D eigenvalue weighted by atomic mass is 16.5. The van der Waals surface area contributed by atoms with Crippen LogP contribution in [0.5, 0.6) is 0 Å². The lowest BCUT2D eigenvalue weighted by molar-refractivity contribution is -0.143. The number of carbonyl (C=O) groups excluding carboxylic acids is 2. The van der Waals surface area contributed by atoms with Crippen molar-refractivity contribution in [3.05, 3.63) is 36.5 Å². The van der Waals surface area contributed by atoms with E-state index in [9.17, 15) is 19.8 Å². The fourth-order valence-corrected chi connectivity index (χ4v) is 11.7. The first-order chi connectivity index (χ1) is 40.5. The van der Waals surface area contributed by atoms with Gasteiger partial charge in [-0.15, -0.1) is 0 Å². The monoisotopic (exact) mass is 1150 g/mol. The molecule has 0 aromatic heterocycles. The molecule has 0 aliphatic heterocycles. The molecular weight excluding hydrogens is 1010 g/mol. The molecule has 2 atom stereocenters. The average Bonchev–Trinajstić information content (AvgIpc) is 3.48. The van der Waals surface area contributed by atoms with E-state index in [0.29, 0.717) is 19.4 Å². The van der Waals surface area contributed by atoms with Crippen LogP contribution in [0.25, 0.3) is 0 Å². The van der Waals surface area contributed by atoms with Gasteiger partial charge in [-0.3, -0.25) is 9.59 Å². The summed E-state index contributed by atoms with van der Waals surface area (Å²) in [5.74, 6) is -0.0527. The molecule has 0 spiro atoms. The molecule has 6 heteroatoms. The van der Waals surface area contributed by atoms with Crippen molar-refractivity contribution in [2.75, 3.05) is 13.2 Å². The third-order valence-corrected chi connectivity index (χ3v) is 17.4. The zero-order valence-electron chi connectivity index (χ0n) is 55.5. The van der Waals surface area contributed by atoms with Crippen molar-refractivity contribution in [1.29, 1.82) is 0 Å². The van der Waals surface area contributed by atoms with Crippen LogP contribution in [-0.2, 0) is 14.3 Å². The van der Waals surface area contributed by atoms with Gasteiger partial charge in [0, 0.05) is 12.8 Å². The van der Waals surface area contributed by atoms with E-state index in [0.717, 1.165) is 44.9 Å². The molecule has 0 aliphatic rings. The Labute approximate surface area is 513 Å². The first-order valence-corrected chi connectivity index (χ1v) is 37.3. The highest BCUT2D eigenvalue weighted by Crippen LogP contribution is 2.19. The van der Waals surface area contributed by atoms with E-state index in [1.165, 1.54) is 340 Å². The predicted molar refractivity (Wildman–Crippen MR) is 361 cm³/mol. The minimum Gasteiger partial charge on any atom is -0.466 e. The molecular formula is C76H145NO5. The summed E-state index contributed by atoms with van der Waals surface area (Å²) < 4.78 is 5.50. The maximum absolute atomic E-state index is 12.5. The van der Waals surface area contributed by atoms with Gasteiger partial charge in [0.15, 0.2) is 0 Å². The second-order valence-corrected chi connectivity index (χ2v) is 25.6. The molecule has 0 rings (SSSR count). The summed E-state index contributed by atoms with van der Waals surface area (Å²) in [7, 11) is 0. The molecule has 0 bridgehead atoms. The summed E-state index contributed by atoms with van der Waals surface area (Å²) in [5, 5.41) is 23.3. The van der Waals surface area contributed by atoms with E-state index >= 15 is 0 Å². The molecule has 0 aliphatic carbocycles. The Balaban J connectivity index is 3.43. The molecule has 3 N–H and O–H groups in total. The summed E-state index contributed by atoms with van der Waals surface area (Å²) in [5.41, 5.74) is 0. The Bertz CT molecular complexity index is 1330. The second kappa shape index (κ2) is 71.6. The number of aliphatic hydroxyl groups is 2. The number of nitrogens with one attached hydrogen (secondary N) is 1. The van der Waals surface area contributed by atoms with E-state index < -0.39 is 12.1 Å². The number of rotatable bonds is 70. The number of amides is 1.